The number of halogens is 9. The Morgan fingerprint density at radius 3 is 1.50 bits per heavy atom. The maximum absolute atomic E-state index is 13.2. The van der Waals surface area contributed by atoms with Gasteiger partial charge in [-0.05, 0) is 35.9 Å². The van der Waals surface area contributed by atoms with Gasteiger partial charge in [0, 0.05) is 17.3 Å². The molecular formula is C18H6Cl6F3N. The average Bonchev–Trinajstić information content (AvgIpc) is 2.62. The molecule has 2 aromatic carbocycles. The summed E-state index contributed by atoms with van der Waals surface area (Å²) in [4.78, 5) is 3.99. The molecule has 0 bridgehead atoms. The Morgan fingerprint density at radius 1 is 0.643 bits per heavy atom. The summed E-state index contributed by atoms with van der Waals surface area (Å²) >= 11 is 36.1. The minimum absolute atomic E-state index is 0.0831. The van der Waals surface area contributed by atoms with Crippen LogP contribution in [-0.2, 0) is 6.18 Å². The van der Waals surface area contributed by atoms with Gasteiger partial charge in [0.2, 0.25) is 0 Å². The number of aromatic nitrogens is 1. The molecule has 0 unspecified atom stereocenters. The zero-order chi connectivity index (χ0) is 20.8. The van der Waals surface area contributed by atoms with Gasteiger partial charge in [-0.15, -0.1) is 0 Å². The number of benzene rings is 2. The van der Waals surface area contributed by atoms with E-state index < -0.39 is 11.7 Å². The first-order valence-corrected chi connectivity index (χ1v) is 9.63. The van der Waals surface area contributed by atoms with Crippen molar-refractivity contribution >= 4 is 69.6 Å². The summed E-state index contributed by atoms with van der Waals surface area (Å²) in [6.07, 6.45) is -3.88. The van der Waals surface area contributed by atoms with Crippen molar-refractivity contribution in [2.45, 2.75) is 6.18 Å². The van der Waals surface area contributed by atoms with Gasteiger partial charge in [-0.25, -0.2) is 0 Å². The predicted molar refractivity (Wildman–Crippen MR) is 110 cm³/mol. The molecule has 0 saturated carbocycles. The van der Waals surface area contributed by atoms with Gasteiger partial charge < -0.3 is 0 Å². The van der Waals surface area contributed by atoms with E-state index in [0.717, 1.165) is 6.07 Å². The first kappa shape index (κ1) is 21.8. The van der Waals surface area contributed by atoms with Gasteiger partial charge in [0.15, 0.2) is 0 Å². The van der Waals surface area contributed by atoms with Gasteiger partial charge in [0.05, 0.1) is 41.4 Å². The summed E-state index contributed by atoms with van der Waals surface area (Å²) < 4.78 is 39.7. The highest BCUT2D eigenvalue weighted by Crippen LogP contribution is 2.42. The topological polar surface area (TPSA) is 12.9 Å². The molecule has 0 aliphatic carbocycles. The van der Waals surface area contributed by atoms with Gasteiger partial charge in [-0.2, -0.15) is 13.2 Å². The monoisotopic (exact) mass is 503 g/mol. The summed E-state index contributed by atoms with van der Waals surface area (Å²) in [5.41, 5.74) is 0.00721. The van der Waals surface area contributed by atoms with Crippen molar-refractivity contribution in [3.8, 4) is 22.4 Å². The zero-order valence-electron chi connectivity index (χ0n) is 13.3. The maximum atomic E-state index is 13.2. The van der Waals surface area contributed by atoms with Crippen LogP contribution in [0.25, 0.3) is 22.4 Å². The Morgan fingerprint density at radius 2 is 1.07 bits per heavy atom. The lowest BCUT2D eigenvalue weighted by Crippen LogP contribution is -2.06. The highest BCUT2D eigenvalue weighted by molar-refractivity contribution is 6.49. The number of rotatable bonds is 2. The van der Waals surface area contributed by atoms with E-state index in [1.165, 1.54) is 24.3 Å². The molecule has 0 spiro atoms. The standard InChI is InChI=1S/C18H6Cl6F3N/c19-11-1-7(2-12(20)15(11)23)10-5-9(18(25,26)27)6-28-17(10)8-3-13(21)16(24)14(22)4-8/h1-6H. The van der Waals surface area contributed by atoms with Gasteiger partial charge >= 0.3 is 6.18 Å². The van der Waals surface area contributed by atoms with E-state index in [2.05, 4.69) is 4.98 Å². The highest BCUT2D eigenvalue weighted by atomic mass is 35.5. The molecule has 0 fully saturated rings. The van der Waals surface area contributed by atoms with Crippen molar-refractivity contribution in [1.82, 2.24) is 4.98 Å². The van der Waals surface area contributed by atoms with Gasteiger partial charge in [0.25, 0.3) is 0 Å². The van der Waals surface area contributed by atoms with E-state index in [-0.39, 0.29) is 47.0 Å². The third-order valence-electron chi connectivity index (χ3n) is 3.77. The molecule has 1 heterocycles. The fraction of sp³-hybridized carbons (Fsp3) is 0.0556. The van der Waals surface area contributed by atoms with Gasteiger partial charge in [-0.3, -0.25) is 4.98 Å². The fourth-order valence-corrected chi connectivity index (χ4v) is 3.67. The number of hydrogen-bond acceptors (Lipinski definition) is 1. The molecular weight excluding hydrogens is 500 g/mol. The molecule has 10 heteroatoms. The molecule has 28 heavy (non-hydrogen) atoms. The maximum Gasteiger partial charge on any atom is 0.417 e. The number of pyridine rings is 1. The first-order valence-electron chi connectivity index (χ1n) is 7.36. The second-order valence-corrected chi connectivity index (χ2v) is 8.01. The van der Waals surface area contributed by atoms with E-state index in [4.69, 9.17) is 69.6 Å². The van der Waals surface area contributed by atoms with Crippen LogP contribution in [0.5, 0.6) is 0 Å². The fourth-order valence-electron chi connectivity index (χ4n) is 2.47. The van der Waals surface area contributed by atoms with Crippen LogP contribution in [0, 0.1) is 0 Å². The largest absolute Gasteiger partial charge is 0.417 e. The van der Waals surface area contributed by atoms with Crippen LogP contribution in [0.1, 0.15) is 5.56 Å². The number of hydrogen-bond donors (Lipinski definition) is 0. The van der Waals surface area contributed by atoms with Crippen LogP contribution in [0.4, 0.5) is 13.2 Å². The lowest BCUT2D eigenvalue weighted by atomic mass is 9.97. The van der Waals surface area contributed by atoms with Gasteiger partial charge in [0.1, 0.15) is 0 Å². The minimum Gasteiger partial charge on any atom is -0.255 e. The van der Waals surface area contributed by atoms with Crippen LogP contribution >= 0.6 is 69.6 Å². The van der Waals surface area contributed by atoms with Crippen LogP contribution in [0.15, 0.2) is 36.5 Å². The average molecular weight is 506 g/mol. The van der Waals surface area contributed by atoms with Crippen molar-refractivity contribution in [1.29, 1.82) is 0 Å². The van der Waals surface area contributed by atoms with Crippen molar-refractivity contribution in [3.05, 3.63) is 72.2 Å². The minimum atomic E-state index is -4.60. The Hall–Kier alpha value is -0.880. The summed E-state index contributed by atoms with van der Waals surface area (Å²) in [6.45, 7) is 0. The molecule has 0 aliphatic rings. The van der Waals surface area contributed by atoms with Crippen molar-refractivity contribution in [2.75, 3.05) is 0 Å². The van der Waals surface area contributed by atoms with E-state index in [0.29, 0.717) is 11.8 Å². The summed E-state index contributed by atoms with van der Waals surface area (Å²) in [7, 11) is 0. The van der Waals surface area contributed by atoms with Crippen LogP contribution < -0.4 is 0 Å². The Bertz CT molecular complexity index is 1040. The predicted octanol–water partition coefficient (Wildman–Crippen LogP) is 9.35. The smallest absolute Gasteiger partial charge is 0.255 e. The van der Waals surface area contributed by atoms with Gasteiger partial charge in [-0.1, -0.05) is 69.6 Å². The summed E-state index contributed by atoms with van der Waals surface area (Å²) in [5, 5.41) is 0.636. The number of alkyl halides is 3. The lowest BCUT2D eigenvalue weighted by Gasteiger charge is -2.15. The van der Waals surface area contributed by atoms with Crippen LogP contribution in [-0.4, -0.2) is 4.98 Å². The second kappa shape index (κ2) is 8.10. The SMILES string of the molecule is FC(F)(F)c1cnc(-c2cc(Cl)c(Cl)c(Cl)c2)c(-c2cc(Cl)c(Cl)c(Cl)c2)c1. The summed E-state index contributed by atoms with van der Waals surface area (Å²) in [5.74, 6) is 0. The Labute approximate surface area is 187 Å². The van der Waals surface area contributed by atoms with Crippen LogP contribution in [0.2, 0.25) is 30.1 Å². The lowest BCUT2D eigenvalue weighted by molar-refractivity contribution is -0.137. The van der Waals surface area contributed by atoms with E-state index in [9.17, 15) is 13.2 Å². The summed E-state index contributed by atoms with van der Waals surface area (Å²) in [6, 6.07) is 6.64. The molecule has 0 aliphatic heterocycles. The van der Waals surface area contributed by atoms with E-state index in [1.807, 2.05) is 0 Å². The van der Waals surface area contributed by atoms with E-state index >= 15 is 0 Å². The molecule has 0 N–H and O–H groups in total. The normalized spacial score (nSPS) is 11.8. The molecule has 146 valence electrons. The molecule has 0 saturated heterocycles. The van der Waals surface area contributed by atoms with E-state index in [1.54, 1.807) is 0 Å². The number of nitrogens with zero attached hydrogens (tertiary/aromatic N) is 1. The first-order chi connectivity index (χ1) is 13.0. The molecule has 3 rings (SSSR count). The quantitative estimate of drug-likeness (QED) is 0.316. The molecule has 1 nitrogen and oxygen atoms in total. The van der Waals surface area contributed by atoms with Crippen molar-refractivity contribution in [3.63, 3.8) is 0 Å². The second-order valence-electron chi connectivity index (χ2n) is 5.63. The van der Waals surface area contributed by atoms with Crippen molar-refractivity contribution in [2.24, 2.45) is 0 Å². The zero-order valence-corrected chi connectivity index (χ0v) is 17.8. The molecule has 3 aromatic rings. The Kier molecular flexibility index (Phi) is 6.31. The molecule has 0 atom stereocenters. The van der Waals surface area contributed by atoms with Crippen LogP contribution in [0.3, 0.4) is 0 Å². The van der Waals surface area contributed by atoms with Crippen molar-refractivity contribution < 1.29 is 13.2 Å². The highest BCUT2D eigenvalue weighted by Gasteiger charge is 2.32. The molecule has 1 aromatic heterocycles. The Balaban J connectivity index is 2.33. The third kappa shape index (κ3) is 4.33. The third-order valence-corrected chi connectivity index (χ3v) is 6.16. The molecule has 0 radical (unpaired) electrons. The molecule has 0 amide bonds.